The first-order chi connectivity index (χ1) is 14.2. The zero-order valence-corrected chi connectivity index (χ0v) is 17.8. The van der Waals surface area contributed by atoms with Crippen LogP contribution in [0.25, 0.3) is 16.8 Å². The molecular weight excluding hydrogens is 398 g/mol. The molecule has 0 spiro atoms. The Morgan fingerprint density at radius 1 is 1.03 bits per heavy atom. The quantitative estimate of drug-likeness (QED) is 0.360. The first-order valence-electron chi connectivity index (χ1n) is 9.61. The summed E-state index contributed by atoms with van der Waals surface area (Å²) in [5.74, 6) is 0.729. The van der Waals surface area contributed by atoms with Gasteiger partial charge in [0.2, 0.25) is 0 Å². The third kappa shape index (κ3) is 4.21. The van der Waals surface area contributed by atoms with E-state index in [0.29, 0.717) is 22.4 Å². The minimum Gasteiger partial charge on any atom is -0.488 e. The molecule has 0 aromatic heterocycles. The van der Waals surface area contributed by atoms with Gasteiger partial charge in [0, 0.05) is 12.1 Å². The summed E-state index contributed by atoms with van der Waals surface area (Å²) in [6.45, 7) is 3.16. The van der Waals surface area contributed by atoms with Gasteiger partial charge >= 0.3 is 0 Å². The number of carbonyl (C=O) groups is 1. The standard InChI is InChI=1S/C24H21NO2S2/c1-2-14-25-23(26)22(29-24(25)28)15-18-9-4-6-13-21(18)27-16-19-11-7-10-17-8-3-5-12-20(17)19/h3-13,15H,2,14,16H2,1H3/b22-15+. The number of thiocarbonyl (C=S) groups is 1. The highest BCUT2D eigenvalue weighted by Crippen LogP contribution is 2.34. The molecule has 1 fully saturated rings. The van der Waals surface area contributed by atoms with Crippen molar-refractivity contribution < 1.29 is 9.53 Å². The number of benzene rings is 3. The lowest BCUT2D eigenvalue weighted by Crippen LogP contribution is -2.28. The van der Waals surface area contributed by atoms with Gasteiger partial charge in [-0.3, -0.25) is 9.69 Å². The van der Waals surface area contributed by atoms with Gasteiger partial charge in [0.05, 0.1) is 4.91 Å². The van der Waals surface area contributed by atoms with Crippen LogP contribution >= 0.6 is 24.0 Å². The van der Waals surface area contributed by atoms with Gasteiger partial charge in [-0.2, -0.15) is 0 Å². The van der Waals surface area contributed by atoms with Gasteiger partial charge in [-0.1, -0.05) is 91.6 Å². The summed E-state index contributed by atoms with van der Waals surface area (Å²) in [6, 6.07) is 22.3. The second-order valence-corrected chi connectivity index (χ2v) is 8.47. The van der Waals surface area contributed by atoms with Gasteiger partial charge in [-0.15, -0.1) is 0 Å². The highest BCUT2D eigenvalue weighted by molar-refractivity contribution is 8.26. The largest absolute Gasteiger partial charge is 0.488 e. The summed E-state index contributed by atoms with van der Waals surface area (Å²) in [7, 11) is 0. The van der Waals surface area contributed by atoms with E-state index in [2.05, 4.69) is 24.3 Å². The van der Waals surface area contributed by atoms with Crippen molar-refractivity contribution in [1.29, 1.82) is 0 Å². The summed E-state index contributed by atoms with van der Waals surface area (Å²) in [4.78, 5) is 15.0. The van der Waals surface area contributed by atoms with Crippen LogP contribution in [0.3, 0.4) is 0 Å². The van der Waals surface area contributed by atoms with Crippen molar-refractivity contribution in [1.82, 2.24) is 4.90 Å². The molecule has 0 atom stereocenters. The van der Waals surface area contributed by atoms with E-state index in [1.54, 1.807) is 4.90 Å². The maximum absolute atomic E-state index is 12.7. The van der Waals surface area contributed by atoms with Crippen LogP contribution in [-0.4, -0.2) is 21.7 Å². The zero-order chi connectivity index (χ0) is 20.2. The van der Waals surface area contributed by atoms with E-state index in [1.165, 1.54) is 22.5 Å². The van der Waals surface area contributed by atoms with Crippen molar-refractivity contribution in [2.24, 2.45) is 0 Å². The minimum atomic E-state index is -0.0225. The molecule has 3 aromatic carbocycles. The molecule has 0 N–H and O–H groups in total. The number of para-hydroxylation sites is 1. The molecule has 146 valence electrons. The molecule has 1 saturated heterocycles. The van der Waals surface area contributed by atoms with Crippen LogP contribution in [0.5, 0.6) is 5.75 Å². The molecule has 3 nitrogen and oxygen atoms in total. The fraction of sp³-hybridized carbons (Fsp3) is 0.167. The van der Waals surface area contributed by atoms with Crippen molar-refractivity contribution in [3.8, 4) is 5.75 Å². The molecule has 4 rings (SSSR count). The molecule has 1 aliphatic rings. The number of ether oxygens (including phenoxy) is 1. The number of carbonyl (C=O) groups excluding carboxylic acids is 1. The van der Waals surface area contributed by atoms with E-state index in [-0.39, 0.29) is 5.91 Å². The summed E-state index contributed by atoms with van der Waals surface area (Å²) in [5.41, 5.74) is 2.01. The maximum Gasteiger partial charge on any atom is 0.266 e. The summed E-state index contributed by atoms with van der Waals surface area (Å²) < 4.78 is 6.79. The lowest BCUT2D eigenvalue weighted by Gasteiger charge is -2.12. The van der Waals surface area contributed by atoms with Gasteiger partial charge in [-0.05, 0) is 34.9 Å². The number of thioether (sulfide) groups is 1. The van der Waals surface area contributed by atoms with Crippen molar-refractivity contribution in [3.05, 3.63) is 82.8 Å². The third-order valence-corrected chi connectivity index (χ3v) is 6.17. The monoisotopic (exact) mass is 419 g/mol. The Hall–Kier alpha value is -2.63. The van der Waals surface area contributed by atoms with Crippen molar-refractivity contribution in [2.45, 2.75) is 20.0 Å². The van der Waals surface area contributed by atoms with Gasteiger partial charge < -0.3 is 4.74 Å². The van der Waals surface area contributed by atoms with E-state index in [4.69, 9.17) is 17.0 Å². The van der Waals surface area contributed by atoms with E-state index in [9.17, 15) is 4.79 Å². The highest BCUT2D eigenvalue weighted by Gasteiger charge is 2.31. The first-order valence-corrected chi connectivity index (χ1v) is 10.8. The van der Waals surface area contributed by atoms with Gasteiger partial charge in [-0.25, -0.2) is 0 Å². The molecule has 0 bridgehead atoms. The Labute approximate surface area is 180 Å². The number of hydrogen-bond acceptors (Lipinski definition) is 4. The first kappa shape index (κ1) is 19.7. The Bertz CT molecular complexity index is 1100. The maximum atomic E-state index is 12.7. The van der Waals surface area contributed by atoms with Gasteiger partial charge in [0.25, 0.3) is 5.91 Å². The molecule has 0 unspecified atom stereocenters. The SMILES string of the molecule is CCCN1C(=O)/C(=C\c2ccccc2OCc2cccc3ccccc23)SC1=S. The number of amides is 1. The highest BCUT2D eigenvalue weighted by atomic mass is 32.2. The molecular formula is C24H21NO2S2. The third-order valence-electron chi connectivity index (χ3n) is 4.79. The molecule has 0 aliphatic carbocycles. The fourth-order valence-corrected chi connectivity index (χ4v) is 4.66. The topological polar surface area (TPSA) is 29.5 Å². The number of hydrogen-bond donors (Lipinski definition) is 0. The normalized spacial score (nSPS) is 15.5. The summed E-state index contributed by atoms with van der Waals surface area (Å²) in [6.07, 6.45) is 2.76. The number of fused-ring (bicyclic) bond motifs is 1. The van der Waals surface area contributed by atoms with Crippen LogP contribution in [0, 0.1) is 0 Å². The minimum absolute atomic E-state index is 0.0225. The second kappa shape index (κ2) is 8.80. The Morgan fingerprint density at radius 2 is 1.79 bits per heavy atom. The predicted octanol–water partition coefficient (Wildman–Crippen LogP) is 6.03. The number of rotatable bonds is 6. The van der Waals surface area contributed by atoms with Crippen molar-refractivity contribution in [3.63, 3.8) is 0 Å². The molecule has 0 radical (unpaired) electrons. The molecule has 0 saturated carbocycles. The molecule has 29 heavy (non-hydrogen) atoms. The van der Waals surface area contributed by atoms with E-state index in [1.807, 2.05) is 55.5 Å². The smallest absolute Gasteiger partial charge is 0.266 e. The Balaban J connectivity index is 1.58. The predicted molar refractivity (Wildman–Crippen MR) is 125 cm³/mol. The lowest BCUT2D eigenvalue weighted by atomic mass is 10.1. The molecule has 1 aliphatic heterocycles. The van der Waals surface area contributed by atoms with Crippen LogP contribution in [0.2, 0.25) is 0 Å². The zero-order valence-electron chi connectivity index (χ0n) is 16.1. The molecule has 5 heteroatoms. The van der Waals surface area contributed by atoms with Crippen molar-refractivity contribution in [2.75, 3.05) is 6.54 Å². The van der Waals surface area contributed by atoms with Crippen LogP contribution in [0.1, 0.15) is 24.5 Å². The van der Waals surface area contributed by atoms with Crippen LogP contribution in [-0.2, 0) is 11.4 Å². The Morgan fingerprint density at radius 3 is 2.66 bits per heavy atom. The fourth-order valence-electron chi connectivity index (χ4n) is 3.36. The van der Waals surface area contributed by atoms with Crippen LogP contribution < -0.4 is 4.74 Å². The molecule has 1 heterocycles. The second-order valence-electron chi connectivity index (χ2n) is 6.80. The average molecular weight is 420 g/mol. The Kier molecular flexibility index (Phi) is 5.97. The van der Waals surface area contributed by atoms with E-state index < -0.39 is 0 Å². The lowest BCUT2D eigenvalue weighted by molar-refractivity contribution is -0.122. The van der Waals surface area contributed by atoms with Crippen molar-refractivity contribution >= 4 is 51.1 Å². The molecule has 3 aromatic rings. The van der Waals surface area contributed by atoms with E-state index in [0.717, 1.165) is 23.3 Å². The summed E-state index contributed by atoms with van der Waals surface area (Å²) in [5, 5.41) is 2.38. The van der Waals surface area contributed by atoms with E-state index >= 15 is 0 Å². The van der Waals surface area contributed by atoms with Gasteiger partial charge in [0.1, 0.15) is 16.7 Å². The van der Waals surface area contributed by atoms with Crippen LogP contribution in [0.15, 0.2) is 71.6 Å². The van der Waals surface area contributed by atoms with Crippen LogP contribution in [0.4, 0.5) is 0 Å². The van der Waals surface area contributed by atoms with Gasteiger partial charge in [0.15, 0.2) is 0 Å². The number of nitrogens with zero attached hydrogens (tertiary/aromatic N) is 1. The molecule has 1 amide bonds. The average Bonchev–Trinajstić information content (AvgIpc) is 3.01. The summed E-state index contributed by atoms with van der Waals surface area (Å²) >= 11 is 6.72.